The summed E-state index contributed by atoms with van der Waals surface area (Å²) in [6, 6.07) is 9.52. The molecule has 1 unspecified atom stereocenters. The standard InChI is InChI=1S/C15H23NO4/c1-16-15(14(17)19-3,9-10-20-12-11-18-2)13-7-5-4-6-8-13/h4-8,16H,9-12H2,1-3H3. The molecule has 0 spiro atoms. The first-order valence-corrected chi connectivity index (χ1v) is 6.61. The second-order valence-electron chi connectivity index (χ2n) is 4.37. The van der Waals surface area contributed by atoms with Gasteiger partial charge in [-0.15, -0.1) is 0 Å². The lowest BCUT2D eigenvalue weighted by atomic mass is 9.87. The van der Waals surface area contributed by atoms with Crippen molar-refractivity contribution in [1.82, 2.24) is 5.32 Å². The van der Waals surface area contributed by atoms with E-state index in [1.54, 1.807) is 14.2 Å². The average molecular weight is 281 g/mol. The number of hydrogen-bond acceptors (Lipinski definition) is 5. The first-order valence-electron chi connectivity index (χ1n) is 6.61. The molecule has 5 heteroatoms. The van der Waals surface area contributed by atoms with Gasteiger partial charge in [0, 0.05) is 20.1 Å². The molecule has 0 saturated heterocycles. The minimum absolute atomic E-state index is 0.318. The summed E-state index contributed by atoms with van der Waals surface area (Å²) in [5, 5.41) is 3.09. The minimum Gasteiger partial charge on any atom is -0.467 e. The minimum atomic E-state index is -0.886. The quantitative estimate of drug-likeness (QED) is 0.546. The van der Waals surface area contributed by atoms with Gasteiger partial charge in [-0.1, -0.05) is 30.3 Å². The van der Waals surface area contributed by atoms with E-state index in [9.17, 15) is 4.79 Å². The molecule has 0 saturated carbocycles. The van der Waals surface area contributed by atoms with Crippen LogP contribution in [0.1, 0.15) is 12.0 Å². The fourth-order valence-electron chi connectivity index (χ4n) is 2.10. The highest BCUT2D eigenvalue weighted by atomic mass is 16.5. The summed E-state index contributed by atoms with van der Waals surface area (Å²) in [6.45, 7) is 1.48. The molecule has 0 heterocycles. The van der Waals surface area contributed by atoms with E-state index in [-0.39, 0.29) is 5.97 Å². The highest BCUT2D eigenvalue weighted by molar-refractivity contribution is 5.82. The summed E-state index contributed by atoms with van der Waals surface area (Å²) < 4.78 is 15.4. The Balaban J connectivity index is 2.82. The Labute approximate surface area is 120 Å². The molecule has 112 valence electrons. The lowest BCUT2D eigenvalue weighted by molar-refractivity contribution is -0.150. The normalized spacial score (nSPS) is 13.8. The zero-order chi connectivity index (χ0) is 14.8. The lowest BCUT2D eigenvalue weighted by Crippen LogP contribution is -2.49. The number of hydrogen-bond donors (Lipinski definition) is 1. The van der Waals surface area contributed by atoms with Crippen LogP contribution in [0.15, 0.2) is 30.3 Å². The maximum atomic E-state index is 12.2. The molecule has 20 heavy (non-hydrogen) atoms. The van der Waals surface area contributed by atoms with Crippen LogP contribution in [0.5, 0.6) is 0 Å². The van der Waals surface area contributed by atoms with Gasteiger partial charge in [-0.3, -0.25) is 0 Å². The maximum Gasteiger partial charge on any atom is 0.330 e. The van der Waals surface area contributed by atoms with Crippen molar-refractivity contribution in [2.45, 2.75) is 12.0 Å². The topological polar surface area (TPSA) is 56.8 Å². The third-order valence-electron chi connectivity index (χ3n) is 3.28. The maximum absolute atomic E-state index is 12.2. The number of ether oxygens (including phenoxy) is 3. The molecular weight excluding hydrogens is 258 g/mol. The summed E-state index contributed by atoms with van der Waals surface area (Å²) in [7, 11) is 4.77. The van der Waals surface area contributed by atoms with Gasteiger partial charge in [0.1, 0.15) is 5.54 Å². The van der Waals surface area contributed by atoms with E-state index < -0.39 is 5.54 Å². The molecule has 0 amide bonds. The van der Waals surface area contributed by atoms with Crippen molar-refractivity contribution in [3.63, 3.8) is 0 Å². The predicted molar refractivity (Wildman–Crippen MR) is 76.5 cm³/mol. The van der Waals surface area contributed by atoms with Crippen LogP contribution in [0.2, 0.25) is 0 Å². The number of esters is 1. The Kier molecular flexibility index (Phi) is 7.22. The Morgan fingerprint density at radius 1 is 1.15 bits per heavy atom. The van der Waals surface area contributed by atoms with Crippen LogP contribution in [0.4, 0.5) is 0 Å². The molecule has 0 aromatic heterocycles. The van der Waals surface area contributed by atoms with Crippen molar-refractivity contribution in [2.75, 3.05) is 41.1 Å². The molecule has 1 aromatic rings. The molecule has 0 fully saturated rings. The monoisotopic (exact) mass is 281 g/mol. The molecule has 0 radical (unpaired) electrons. The Morgan fingerprint density at radius 2 is 1.85 bits per heavy atom. The van der Waals surface area contributed by atoms with E-state index in [4.69, 9.17) is 14.2 Å². The van der Waals surface area contributed by atoms with Gasteiger partial charge in [0.2, 0.25) is 0 Å². The Bertz CT molecular complexity index is 396. The summed E-state index contributed by atoms with van der Waals surface area (Å²) in [6.07, 6.45) is 0.490. The van der Waals surface area contributed by atoms with Crippen LogP contribution in [0.3, 0.4) is 0 Å². The molecule has 0 bridgehead atoms. The van der Waals surface area contributed by atoms with Crippen LogP contribution in [0.25, 0.3) is 0 Å². The van der Waals surface area contributed by atoms with Crippen molar-refractivity contribution >= 4 is 5.97 Å². The SMILES string of the molecule is CNC(CCOCCOC)(C(=O)OC)c1ccccc1. The smallest absolute Gasteiger partial charge is 0.330 e. The molecule has 0 aliphatic carbocycles. The summed E-state index contributed by atoms with van der Waals surface area (Å²) >= 11 is 0. The van der Waals surface area contributed by atoms with E-state index in [1.807, 2.05) is 30.3 Å². The highest BCUT2D eigenvalue weighted by Gasteiger charge is 2.39. The van der Waals surface area contributed by atoms with Gasteiger partial charge in [-0.25, -0.2) is 4.79 Å². The van der Waals surface area contributed by atoms with Gasteiger partial charge >= 0.3 is 5.97 Å². The van der Waals surface area contributed by atoms with E-state index in [1.165, 1.54) is 7.11 Å². The van der Waals surface area contributed by atoms with Crippen LogP contribution in [-0.4, -0.2) is 47.1 Å². The summed E-state index contributed by atoms with van der Waals surface area (Å²) in [5.41, 5.74) is -0.0204. The second kappa shape index (κ2) is 8.68. The Morgan fingerprint density at radius 3 is 2.40 bits per heavy atom. The van der Waals surface area contributed by atoms with Crippen molar-refractivity contribution < 1.29 is 19.0 Å². The summed E-state index contributed by atoms with van der Waals surface area (Å²) in [4.78, 5) is 12.2. The number of methoxy groups -OCH3 is 2. The van der Waals surface area contributed by atoms with Gasteiger partial charge in [0.05, 0.1) is 20.3 Å². The molecular formula is C15H23NO4. The highest BCUT2D eigenvalue weighted by Crippen LogP contribution is 2.26. The molecule has 1 atom stereocenters. The fraction of sp³-hybridized carbons (Fsp3) is 0.533. The lowest BCUT2D eigenvalue weighted by Gasteiger charge is -2.31. The van der Waals surface area contributed by atoms with Crippen LogP contribution < -0.4 is 5.32 Å². The van der Waals surface area contributed by atoms with Crippen LogP contribution >= 0.6 is 0 Å². The van der Waals surface area contributed by atoms with Gasteiger partial charge in [0.25, 0.3) is 0 Å². The average Bonchev–Trinajstić information content (AvgIpc) is 2.51. The number of likely N-dealkylation sites (N-methyl/N-ethyl adjacent to an activating group) is 1. The molecule has 0 aliphatic rings. The van der Waals surface area contributed by atoms with Gasteiger partial charge < -0.3 is 19.5 Å². The largest absolute Gasteiger partial charge is 0.467 e. The molecule has 1 N–H and O–H groups in total. The van der Waals surface area contributed by atoms with Gasteiger partial charge in [-0.2, -0.15) is 0 Å². The fourth-order valence-corrected chi connectivity index (χ4v) is 2.10. The van der Waals surface area contributed by atoms with Crippen LogP contribution in [-0.2, 0) is 24.5 Å². The van der Waals surface area contributed by atoms with E-state index >= 15 is 0 Å². The Hall–Kier alpha value is -1.43. The van der Waals surface area contributed by atoms with E-state index in [2.05, 4.69) is 5.32 Å². The molecule has 1 aromatic carbocycles. The van der Waals surface area contributed by atoms with Crippen molar-refractivity contribution in [3.8, 4) is 0 Å². The second-order valence-corrected chi connectivity index (χ2v) is 4.37. The van der Waals surface area contributed by atoms with E-state index in [0.717, 1.165) is 5.56 Å². The number of rotatable bonds is 9. The first kappa shape index (κ1) is 16.6. The number of carbonyl (C=O) groups excluding carboxylic acids is 1. The number of nitrogens with one attached hydrogen (secondary N) is 1. The number of carbonyl (C=O) groups is 1. The van der Waals surface area contributed by atoms with Gasteiger partial charge in [0.15, 0.2) is 0 Å². The van der Waals surface area contributed by atoms with Crippen molar-refractivity contribution in [2.24, 2.45) is 0 Å². The molecule has 0 aliphatic heterocycles. The zero-order valence-electron chi connectivity index (χ0n) is 12.3. The van der Waals surface area contributed by atoms with E-state index in [0.29, 0.717) is 26.2 Å². The third kappa shape index (κ3) is 4.03. The van der Waals surface area contributed by atoms with Crippen molar-refractivity contribution in [1.29, 1.82) is 0 Å². The zero-order valence-corrected chi connectivity index (χ0v) is 12.3. The van der Waals surface area contributed by atoms with Crippen LogP contribution in [0, 0.1) is 0 Å². The third-order valence-corrected chi connectivity index (χ3v) is 3.28. The van der Waals surface area contributed by atoms with Crippen molar-refractivity contribution in [3.05, 3.63) is 35.9 Å². The predicted octanol–water partition coefficient (Wildman–Crippen LogP) is 1.33. The number of benzene rings is 1. The van der Waals surface area contributed by atoms with Gasteiger partial charge in [-0.05, 0) is 12.6 Å². The molecule has 5 nitrogen and oxygen atoms in total. The summed E-state index contributed by atoms with van der Waals surface area (Å²) in [5.74, 6) is -0.318. The molecule has 1 rings (SSSR count). The first-order chi connectivity index (χ1) is 9.71.